The highest BCUT2D eigenvalue weighted by molar-refractivity contribution is 7.88. The van der Waals surface area contributed by atoms with Crippen LogP contribution in [-0.2, 0) is 10.0 Å². The summed E-state index contributed by atoms with van der Waals surface area (Å²) in [7, 11) is -3.12. The van der Waals surface area contributed by atoms with E-state index in [2.05, 4.69) is 28.2 Å². The molecule has 0 bridgehead atoms. The van der Waals surface area contributed by atoms with Crippen molar-refractivity contribution in [1.29, 1.82) is 5.26 Å². The quantitative estimate of drug-likeness (QED) is 0.721. The van der Waals surface area contributed by atoms with Crippen LogP contribution < -0.4 is 0 Å². The Bertz CT molecular complexity index is 1140. The van der Waals surface area contributed by atoms with E-state index in [-0.39, 0.29) is 0 Å². The van der Waals surface area contributed by atoms with Crippen molar-refractivity contribution in [3.8, 4) is 6.07 Å². The Balaban J connectivity index is 1.58. The fourth-order valence-corrected chi connectivity index (χ4v) is 5.18. The molecule has 2 aliphatic rings. The predicted molar refractivity (Wildman–Crippen MR) is 122 cm³/mol. The van der Waals surface area contributed by atoms with Gasteiger partial charge in [-0.1, -0.05) is 24.3 Å². The van der Waals surface area contributed by atoms with Crippen molar-refractivity contribution in [3.05, 3.63) is 77.8 Å². The number of sulfonamides is 1. The van der Waals surface area contributed by atoms with E-state index in [9.17, 15) is 13.7 Å². The topological polar surface area (TPSA) is 77.3 Å². The molecule has 2 aliphatic heterocycles. The fourth-order valence-electron chi connectivity index (χ4n) is 4.30. The molecule has 0 N–H and O–H groups in total. The average Bonchev–Trinajstić information content (AvgIpc) is 2.79. The molecule has 31 heavy (non-hydrogen) atoms. The predicted octanol–water partition coefficient (Wildman–Crippen LogP) is 3.36. The van der Waals surface area contributed by atoms with Gasteiger partial charge in [0.2, 0.25) is 10.0 Å². The summed E-state index contributed by atoms with van der Waals surface area (Å²) < 4.78 is 25.2. The number of nitrogens with zero attached hydrogens (tertiary/aromatic N) is 4. The van der Waals surface area contributed by atoms with Gasteiger partial charge >= 0.3 is 0 Å². The first-order valence-electron chi connectivity index (χ1n) is 10.5. The van der Waals surface area contributed by atoms with Gasteiger partial charge in [-0.05, 0) is 54.2 Å². The van der Waals surface area contributed by atoms with Crippen LogP contribution in [0.15, 0.2) is 60.9 Å². The van der Waals surface area contributed by atoms with Crippen LogP contribution in [0.1, 0.15) is 29.7 Å². The Morgan fingerprint density at radius 2 is 1.87 bits per heavy atom. The zero-order chi connectivity index (χ0) is 21.8. The van der Waals surface area contributed by atoms with Gasteiger partial charge in [-0.25, -0.2) is 12.7 Å². The minimum absolute atomic E-state index is 0.421. The van der Waals surface area contributed by atoms with Crippen LogP contribution in [0, 0.1) is 17.2 Å². The third kappa shape index (κ3) is 5.04. The largest absolute Gasteiger partial charge is 0.372 e. The monoisotopic (exact) mass is 434 g/mol. The zero-order valence-corrected chi connectivity index (χ0v) is 18.4. The number of rotatable bonds is 5. The Hall–Kier alpha value is -2.95. The van der Waals surface area contributed by atoms with E-state index in [0.29, 0.717) is 31.1 Å². The molecule has 6 nitrogen and oxygen atoms in total. The second-order valence-electron chi connectivity index (χ2n) is 8.16. The molecule has 0 spiro atoms. The molecule has 1 saturated heterocycles. The van der Waals surface area contributed by atoms with Gasteiger partial charge < -0.3 is 4.90 Å². The van der Waals surface area contributed by atoms with Gasteiger partial charge in [-0.15, -0.1) is 0 Å². The molecule has 1 aromatic heterocycles. The maximum atomic E-state index is 11.8. The molecule has 0 atom stereocenters. The summed E-state index contributed by atoms with van der Waals surface area (Å²) in [6.07, 6.45) is 9.04. The molecule has 1 fully saturated rings. The summed E-state index contributed by atoms with van der Waals surface area (Å²) in [4.78, 5) is 6.80. The lowest BCUT2D eigenvalue weighted by molar-refractivity contribution is 0.229. The SMILES string of the molecule is CS(=O)(=O)N1CCC(CN2C=C(c3ccccn3)C=C(c3ccccc3C#N)C2)CC1. The van der Waals surface area contributed by atoms with Crippen molar-refractivity contribution in [2.24, 2.45) is 5.92 Å². The Kier molecular flexibility index (Phi) is 6.21. The summed E-state index contributed by atoms with van der Waals surface area (Å²) in [6, 6.07) is 15.9. The fraction of sp³-hybridized carbons (Fsp3) is 0.333. The Morgan fingerprint density at radius 1 is 1.13 bits per heavy atom. The van der Waals surface area contributed by atoms with E-state index >= 15 is 0 Å². The molecule has 3 heterocycles. The van der Waals surface area contributed by atoms with E-state index in [1.54, 1.807) is 10.5 Å². The van der Waals surface area contributed by atoms with Crippen LogP contribution in [0.2, 0.25) is 0 Å². The molecular formula is C24H26N4O2S. The number of allylic oxidation sites excluding steroid dienone is 2. The summed E-state index contributed by atoms with van der Waals surface area (Å²) in [5.41, 5.74) is 4.61. The molecule has 7 heteroatoms. The molecule has 0 radical (unpaired) electrons. The first-order chi connectivity index (χ1) is 14.9. The highest BCUT2D eigenvalue weighted by atomic mass is 32.2. The van der Waals surface area contributed by atoms with Crippen molar-refractivity contribution in [1.82, 2.24) is 14.2 Å². The Labute approximate surface area is 184 Å². The summed E-state index contributed by atoms with van der Waals surface area (Å²) in [5, 5.41) is 9.58. The second-order valence-corrected chi connectivity index (χ2v) is 10.1. The van der Waals surface area contributed by atoms with Crippen molar-refractivity contribution in [2.75, 3.05) is 32.4 Å². The average molecular weight is 435 g/mol. The normalized spacial score (nSPS) is 18.3. The van der Waals surface area contributed by atoms with Crippen LogP contribution >= 0.6 is 0 Å². The number of aromatic nitrogens is 1. The van der Waals surface area contributed by atoms with Gasteiger partial charge in [0.05, 0.1) is 23.6 Å². The summed E-state index contributed by atoms with van der Waals surface area (Å²) in [6.45, 7) is 2.71. The minimum atomic E-state index is -3.12. The van der Waals surface area contributed by atoms with Crippen LogP contribution in [-0.4, -0.2) is 55.0 Å². The zero-order valence-electron chi connectivity index (χ0n) is 17.6. The molecule has 0 aliphatic carbocycles. The highest BCUT2D eigenvalue weighted by Crippen LogP contribution is 2.31. The van der Waals surface area contributed by atoms with Crippen molar-refractivity contribution < 1.29 is 8.42 Å². The van der Waals surface area contributed by atoms with Crippen LogP contribution in [0.3, 0.4) is 0 Å². The van der Waals surface area contributed by atoms with Gasteiger partial charge in [-0.3, -0.25) is 4.98 Å². The van der Waals surface area contributed by atoms with E-state index in [1.165, 1.54) is 6.26 Å². The first-order valence-corrected chi connectivity index (χ1v) is 12.3. The number of hydrogen-bond acceptors (Lipinski definition) is 5. The molecule has 160 valence electrons. The van der Waals surface area contributed by atoms with Crippen LogP contribution in [0.25, 0.3) is 11.1 Å². The van der Waals surface area contributed by atoms with E-state index in [1.807, 2.05) is 42.5 Å². The van der Waals surface area contributed by atoms with Gasteiger partial charge in [0.1, 0.15) is 0 Å². The summed E-state index contributed by atoms with van der Waals surface area (Å²) in [5.74, 6) is 0.421. The van der Waals surface area contributed by atoms with Gasteiger partial charge in [0, 0.05) is 44.1 Å². The van der Waals surface area contributed by atoms with Crippen LogP contribution in [0.5, 0.6) is 0 Å². The maximum absolute atomic E-state index is 11.8. The number of benzene rings is 1. The van der Waals surface area contributed by atoms with Gasteiger partial charge in [0.25, 0.3) is 0 Å². The molecule has 2 aromatic rings. The molecule has 0 unspecified atom stereocenters. The Morgan fingerprint density at radius 3 is 2.55 bits per heavy atom. The molecular weight excluding hydrogens is 408 g/mol. The number of hydrogen-bond donors (Lipinski definition) is 0. The third-order valence-corrected chi connectivity index (χ3v) is 7.22. The first kappa shape index (κ1) is 21.3. The maximum Gasteiger partial charge on any atom is 0.211 e. The lowest BCUT2D eigenvalue weighted by atomic mass is 9.93. The van der Waals surface area contributed by atoms with E-state index in [4.69, 9.17) is 0 Å². The van der Waals surface area contributed by atoms with Gasteiger partial charge in [-0.2, -0.15) is 5.26 Å². The van der Waals surface area contributed by atoms with E-state index < -0.39 is 10.0 Å². The van der Waals surface area contributed by atoms with Crippen LogP contribution in [0.4, 0.5) is 0 Å². The third-order valence-electron chi connectivity index (χ3n) is 5.91. The smallest absolute Gasteiger partial charge is 0.211 e. The lowest BCUT2D eigenvalue weighted by Gasteiger charge is -2.35. The van der Waals surface area contributed by atoms with Crippen molar-refractivity contribution >= 4 is 21.2 Å². The molecule has 1 aromatic carbocycles. The number of piperidine rings is 1. The van der Waals surface area contributed by atoms with E-state index in [0.717, 1.165) is 41.8 Å². The molecule has 4 rings (SSSR count). The van der Waals surface area contributed by atoms with Gasteiger partial charge in [0.15, 0.2) is 0 Å². The lowest BCUT2D eigenvalue weighted by Crippen LogP contribution is -2.40. The highest BCUT2D eigenvalue weighted by Gasteiger charge is 2.27. The standard InChI is InChI=1S/C24H26N4O2S/c1-31(29,30)28-12-9-19(10-13-28)16-27-17-21(23-7-3-2-6-20(23)15-25)14-22(18-27)24-8-4-5-11-26-24/h2-8,11,14,18-19H,9-10,12-13,16-17H2,1H3. The van der Waals surface area contributed by atoms with Crippen molar-refractivity contribution in [2.45, 2.75) is 12.8 Å². The number of nitriles is 1. The molecule has 0 saturated carbocycles. The molecule has 0 amide bonds. The number of pyridine rings is 1. The van der Waals surface area contributed by atoms with Crippen molar-refractivity contribution in [3.63, 3.8) is 0 Å². The summed E-state index contributed by atoms with van der Waals surface area (Å²) >= 11 is 0. The second kappa shape index (κ2) is 9.04. The minimum Gasteiger partial charge on any atom is -0.372 e.